The molecule has 2 fully saturated rings. The second kappa shape index (κ2) is 8.76. The van der Waals surface area contributed by atoms with Crippen molar-refractivity contribution in [2.75, 3.05) is 26.2 Å². The number of nitrogens with zero attached hydrogens (tertiary/aromatic N) is 3. The Kier molecular flexibility index (Phi) is 5.68. The quantitative estimate of drug-likeness (QED) is 0.771. The van der Waals surface area contributed by atoms with E-state index in [1.54, 1.807) is 12.3 Å². The minimum atomic E-state index is -0.282. The maximum Gasteiger partial charge on any atom is 0.257 e. The molecular formula is C24H29N5O3. The molecule has 4 heterocycles. The fraction of sp³-hybridized carbons (Fsp3) is 0.500. The predicted molar refractivity (Wildman–Crippen MR) is 118 cm³/mol. The van der Waals surface area contributed by atoms with Crippen LogP contribution in [0, 0.1) is 0 Å². The summed E-state index contributed by atoms with van der Waals surface area (Å²) in [4.78, 5) is 42.2. The fourth-order valence-corrected chi connectivity index (χ4v) is 5.27. The fourth-order valence-electron chi connectivity index (χ4n) is 5.27. The highest BCUT2D eigenvalue weighted by molar-refractivity contribution is 5.99. The molecule has 8 nitrogen and oxygen atoms in total. The summed E-state index contributed by atoms with van der Waals surface area (Å²) >= 11 is 0. The average Bonchev–Trinajstić information content (AvgIpc) is 3.45. The number of carbonyl (C=O) groups excluding carboxylic acids is 3. The number of hydrogen-bond donors (Lipinski definition) is 2. The van der Waals surface area contributed by atoms with Crippen LogP contribution >= 0.6 is 0 Å². The van der Waals surface area contributed by atoms with Crippen LogP contribution in [0.5, 0.6) is 0 Å². The Morgan fingerprint density at radius 3 is 2.66 bits per heavy atom. The van der Waals surface area contributed by atoms with E-state index in [-0.39, 0.29) is 36.1 Å². The third kappa shape index (κ3) is 3.89. The van der Waals surface area contributed by atoms with Gasteiger partial charge in [0.15, 0.2) is 0 Å². The molecule has 168 valence electrons. The van der Waals surface area contributed by atoms with E-state index in [9.17, 15) is 14.4 Å². The van der Waals surface area contributed by atoms with Gasteiger partial charge in [0.2, 0.25) is 5.91 Å². The van der Waals surface area contributed by atoms with Crippen LogP contribution in [0.15, 0.2) is 30.5 Å². The minimum absolute atomic E-state index is 0.0279. The number of benzene rings is 1. The third-order valence-electron chi connectivity index (χ3n) is 6.99. The number of likely N-dealkylation sites (tertiary alicyclic amines) is 2. The van der Waals surface area contributed by atoms with Crippen molar-refractivity contribution in [1.29, 1.82) is 0 Å². The van der Waals surface area contributed by atoms with Gasteiger partial charge >= 0.3 is 0 Å². The van der Waals surface area contributed by atoms with Crippen molar-refractivity contribution in [3.63, 3.8) is 0 Å². The van der Waals surface area contributed by atoms with E-state index in [4.69, 9.17) is 0 Å². The van der Waals surface area contributed by atoms with Gasteiger partial charge in [-0.05, 0) is 43.7 Å². The summed E-state index contributed by atoms with van der Waals surface area (Å²) in [5.41, 5.74) is 3.03. The minimum Gasteiger partial charge on any atom is -0.345 e. The molecule has 0 saturated carbocycles. The Morgan fingerprint density at radius 2 is 1.81 bits per heavy atom. The molecule has 1 aromatic heterocycles. The number of fused-ring (bicyclic) bond motifs is 1. The average molecular weight is 436 g/mol. The second-order valence-corrected chi connectivity index (χ2v) is 9.05. The molecule has 0 bridgehead atoms. The summed E-state index contributed by atoms with van der Waals surface area (Å²) in [6.07, 6.45) is 6.94. The standard InChI is InChI=1S/C24H29N5O3/c30-21(13-20-17-8-2-3-9-18(17)23(31)26-20)29-12-6-7-16(15-29)22-19(14-25-27-22)24(32)28-10-4-1-5-11-28/h2-3,8-9,14,16,20H,1,4-7,10-13,15H2,(H,25,27)(H,26,31)/t16-,20-/m0/s1. The van der Waals surface area contributed by atoms with Crippen LogP contribution in [0.1, 0.15) is 82.5 Å². The highest BCUT2D eigenvalue weighted by Crippen LogP contribution is 2.32. The number of amides is 3. The van der Waals surface area contributed by atoms with E-state index in [2.05, 4.69) is 15.5 Å². The zero-order chi connectivity index (χ0) is 22.1. The molecule has 2 N–H and O–H groups in total. The highest BCUT2D eigenvalue weighted by Gasteiger charge is 2.34. The van der Waals surface area contributed by atoms with Crippen molar-refractivity contribution >= 4 is 17.7 Å². The van der Waals surface area contributed by atoms with E-state index < -0.39 is 0 Å². The van der Waals surface area contributed by atoms with Crippen LogP contribution in [0.4, 0.5) is 0 Å². The smallest absolute Gasteiger partial charge is 0.257 e. The van der Waals surface area contributed by atoms with Crippen molar-refractivity contribution in [1.82, 2.24) is 25.3 Å². The molecule has 3 aliphatic rings. The number of aromatic nitrogens is 2. The van der Waals surface area contributed by atoms with Gasteiger partial charge in [0.25, 0.3) is 11.8 Å². The molecule has 0 unspecified atom stereocenters. The predicted octanol–water partition coefficient (Wildman–Crippen LogP) is 2.62. The Bertz CT molecular complexity index is 1030. The van der Waals surface area contributed by atoms with Gasteiger partial charge in [0, 0.05) is 37.7 Å². The summed E-state index contributed by atoms with van der Waals surface area (Å²) < 4.78 is 0. The highest BCUT2D eigenvalue weighted by atomic mass is 16.2. The lowest BCUT2D eigenvalue weighted by Crippen LogP contribution is -2.41. The molecule has 32 heavy (non-hydrogen) atoms. The Hall–Kier alpha value is -3.16. The van der Waals surface area contributed by atoms with Gasteiger partial charge < -0.3 is 15.1 Å². The first-order chi connectivity index (χ1) is 15.6. The van der Waals surface area contributed by atoms with Gasteiger partial charge in [-0.15, -0.1) is 0 Å². The number of hydrogen-bond acceptors (Lipinski definition) is 4. The summed E-state index contributed by atoms with van der Waals surface area (Å²) in [6, 6.07) is 7.16. The van der Waals surface area contributed by atoms with E-state index in [1.165, 1.54) is 6.42 Å². The van der Waals surface area contributed by atoms with Crippen molar-refractivity contribution in [2.45, 2.75) is 50.5 Å². The molecule has 0 spiro atoms. The number of aromatic amines is 1. The van der Waals surface area contributed by atoms with Crippen molar-refractivity contribution in [2.24, 2.45) is 0 Å². The van der Waals surface area contributed by atoms with E-state index in [1.807, 2.05) is 28.0 Å². The molecule has 2 saturated heterocycles. The summed E-state index contributed by atoms with van der Waals surface area (Å²) in [5, 5.41) is 10.2. The summed E-state index contributed by atoms with van der Waals surface area (Å²) in [7, 11) is 0. The van der Waals surface area contributed by atoms with Crippen LogP contribution in [-0.2, 0) is 4.79 Å². The lowest BCUT2D eigenvalue weighted by Gasteiger charge is -2.34. The maximum atomic E-state index is 13.1. The lowest BCUT2D eigenvalue weighted by molar-refractivity contribution is -0.132. The molecule has 2 aromatic rings. The number of H-pyrrole nitrogens is 1. The van der Waals surface area contributed by atoms with E-state index in [0.717, 1.165) is 50.0 Å². The number of nitrogens with one attached hydrogen (secondary N) is 2. The van der Waals surface area contributed by atoms with Crippen LogP contribution < -0.4 is 5.32 Å². The Balaban J connectivity index is 1.27. The normalized spacial score (nSPS) is 23.1. The SMILES string of the molecule is O=C1N[C@@H](CC(=O)N2CCC[C@H](c3[nH]ncc3C(=O)N3CCCCC3)C2)c2ccccc21. The van der Waals surface area contributed by atoms with Gasteiger partial charge in [-0.25, -0.2) is 0 Å². The molecule has 0 aliphatic carbocycles. The zero-order valence-corrected chi connectivity index (χ0v) is 18.2. The topological polar surface area (TPSA) is 98.4 Å². The van der Waals surface area contributed by atoms with Crippen LogP contribution in [0.3, 0.4) is 0 Å². The second-order valence-electron chi connectivity index (χ2n) is 9.05. The van der Waals surface area contributed by atoms with Crippen LogP contribution in [-0.4, -0.2) is 63.9 Å². The van der Waals surface area contributed by atoms with Crippen LogP contribution in [0.2, 0.25) is 0 Å². The molecule has 3 aliphatic heterocycles. The molecular weight excluding hydrogens is 406 g/mol. The first kappa shape index (κ1) is 20.7. The number of carbonyl (C=O) groups is 3. The monoisotopic (exact) mass is 435 g/mol. The summed E-state index contributed by atoms with van der Waals surface area (Å²) in [5.74, 6) is 0.0138. The lowest BCUT2D eigenvalue weighted by atomic mass is 9.91. The van der Waals surface area contributed by atoms with Crippen molar-refractivity contribution in [3.8, 4) is 0 Å². The Morgan fingerprint density at radius 1 is 1.03 bits per heavy atom. The largest absolute Gasteiger partial charge is 0.345 e. The first-order valence-corrected chi connectivity index (χ1v) is 11.6. The van der Waals surface area contributed by atoms with Gasteiger partial charge in [0.1, 0.15) is 0 Å². The molecule has 5 rings (SSSR count). The first-order valence-electron chi connectivity index (χ1n) is 11.6. The van der Waals surface area contributed by atoms with Crippen LogP contribution in [0.25, 0.3) is 0 Å². The van der Waals surface area contributed by atoms with Gasteiger partial charge in [-0.1, -0.05) is 18.2 Å². The van der Waals surface area contributed by atoms with Crippen molar-refractivity contribution < 1.29 is 14.4 Å². The van der Waals surface area contributed by atoms with Gasteiger partial charge in [0.05, 0.1) is 29.9 Å². The zero-order valence-electron chi connectivity index (χ0n) is 18.2. The third-order valence-corrected chi connectivity index (χ3v) is 6.99. The molecule has 1 aromatic carbocycles. The van der Waals surface area contributed by atoms with Gasteiger partial charge in [-0.2, -0.15) is 5.10 Å². The summed E-state index contributed by atoms with van der Waals surface area (Å²) in [6.45, 7) is 2.85. The van der Waals surface area contributed by atoms with E-state index in [0.29, 0.717) is 24.2 Å². The molecule has 0 radical (unpaired) electrons. The Labute approximate surface area is 187 Å². The van der Waals surface area contributed by atoms with E-state index >= 15 is 0 Å². The number of piperidine rings is 2. The molecule has 2 atom stereocenters. The van der Waals surface area contributed by atoms with Crippen molar-refractivity contribution in [3.05, 3.63) is 52.8 Å². The maximum absolute atomic E-state index is 13.1. The molecule has 3 amide bonds. The molecule has 8 heteroatoms. The van der Waals surface area contributed by atoms with Gasteiger partial charge in [-0.3, -0.25) is 19.5 Å². The number of rotatable bonds is 4.